The van der Waals surface area contributed by atoms with Crippen LogP contribution in [-0.2, 0) is 0 Å². The molecule has 0 unspecified atom stereocenters. The second-order valence-corrected chi connectivity index (χ2v) is 3.13. The number of ether oxygens (including phenoxy) is 1. The number of fused-ring (bicyclic) bond motifs is 1. The highest BCUT2D eigenvalue weighted by Gasteiger charge is 2.08. The first-order valence-electron chi connectivity index (χ1n) is 4.53. The van der Waals surface area contributed by atoms with Crippen LogP contribution in [0.3, 0.4) is 0 Å². The maximum atomic E-state index is 10.8. The minimum atomic E-state index is 0.399. The van der Waals surface area contributed by atoms with Gasteiger partial charge in [0.15, 0.2) is 6.29 Å². The molecule has 0 amide bonds. The largest absolute Gasteiger partial charge is 0.494 e. The number of carbonyl (C=O) groups is 1. The quantitative estimate of drug-likeness (QED) is 0.696. The number of rotatable bonds is 2. The van der Waals surface area contributed by atoms with Crippen molar-refractivity contribution in [2.24, 2.45) is 0 Å². The van der Waals surface area contributed by atoms with Gasteiger partial charge in [0, 0.05) is 5.39 Å². The summed E-state index contributed by atoms with van der Waals surface area (Å²) in [7, 11) is 1.58. The zero-order valence-electron chi connectivity index (χ0n) is 8.52. The molecular weight excluding hydrogens is 192 g/mol. The monoisotopic (exact) mass is 202 g/mol. The molecule has 0 spiro atoms. The molecule has 0 aliphatic rings. The molecule has 2 rings (SSSR count). The molecule has 0 atom stereocenters. The Balaban J connectivity index is 2.88. The molecule has 1 heterocycles. The average Bonchev–Trinajstić information content (AvgIpc) is 2.27. The summed E-state index contributed by atoms with van der Waals surface area (Å²) < 4.78 is 5.18. The molecule has 0 radical (unpaired) electrons. The Morgan fingerprint density at radius 3 is 2.80 bits per heavy atom. The van der Waals surface area contributed by atoms with E-state index in [1.807, 2.05) is 12.1 Å². The van der Waals surface area contributed by atoms with Gasteiger partial charge in [-0.15, -0.1) is 0 Å². The minimum absolute atomic E-state index is 0.399. The molecule has 15 heavy (non-hydrogen) atoms. The Kier molecular flexibility index (Phi) is 2.33. The van der Waals surface area contributed by atoms with E-state index in [1.165, 1.54) is 0 Å². The van der Waals surface area contributed by atoms with E-state index >= 15 is 0 Å². The van der Waals surface area contributed by atoms with E-state index in [2.05, 4.69) is 9.97 Å². The fourth-order valence-corrected chi connectivity index (χ4v) is 1.52. The Hall–Kier alpha value is -1.97. The predicted molar refractivity (Wildman–Crippen MR) is 56.2 cm³/mol. The van der Waals surface area contributed by atoms with Crippen LogP contribution in [0.4, 0.5) is 0 Å². The molecule has 0 aliphatic heterocycles. The Morgan fingerprint density at radius 2 is 2.13 bits per heavy atom. The predicted octanol–water partition coefficient (Wildman–Crippen LogP) is 1.76. The van der Waals surface area contributed by atoms with Crippen LogP contribution in [0.5, 0.6) is 5.75 Å². The molecule has 0 N–H and O–H groups in total. The lowest BCUT2D eigenvalue weighted by Gasteiger charge is -2.06. The summed E-state index contributed by atoms with van der Waals surface area (Å²) in [6.07, 6.45) is 0.733. The lowest BCUT2D eigenvalue weighted by atomic mass is 10.2. The Morgan fingerprint density at radius 1 is 1.33 bits per heavy atom. The third-order valence-corrected chi connectivity index (χ3v) is 2.16. The van der Waals surface area contributed by atoms with Crippen molar-refractivity contribution in [3.05, 3.63) is 29.7 Å². The van der Waals surface area contributed by atoms with E-state index in [-0.39, 0.29) is 0 Å². The van der Waals surface area contributed by atoms with Gasteiger partial charge in [0.25, 0.3) is 0 Å². The fourth-order valence-electron chi connectivity index (χ4n) is 1.52. The van der Waals surface area contributed by atoms with Crippen molar-refractivity contribution < 1.29 is 9.53 Å². The maximum Gasteiger partial charge on any atom is 0.169 e. The fraction of sp³-hybridized carbons (Fsp3) is 0.182. The number of carbonyl (C=O) groups excluding carboxylic acids is 1. The van der Waals surface area contributed by atoms with Crippen LogP contribution in [0.25, 0.3) is 10.9 Å². The topological polar surface area (TPSA) is 52.1 Å². The van der Waals surface area contributed by atoms with Gasteiger partial charge in [-0.2, -0.15) is 0 Å². The highest BCUT2D eigenvalue weighted by molar-refractivity contribution is 5.96. The lowest BCUT2D eigenvalue weighted by Crippen LogP contribution is -1.98. The van der Waals surface area contributed by atoms with Crippen molar-refractivity contribution in [2.45, 2.75) is 6.92 Å². The SMILES string of the molecule is COc1cccc2c(C=O)nc(C)nc12. The molecule has 0 aliphatic carbocycles. The molecule has 0 fully saturated rings. The normalized spacial score (nSPS) is 10.3. The zero-order valence-corrected chi connectivity index (χ0v) is 8.52. The van der Waals surface area contributed by atoms with Gasteiger partial charge in [0.2, 0.25) is 0 Å². The van der Waals surface area contributed by atoms with Crippen LogP contribution in [-0.4, -0.2) is 23.4 Å². The third kappa shape index (κ3) is 1.54. The molecule has 1 aromatic carbocycles. The van der Waals surface area contributed by atoms with Crippen molar-refractivity contribution in [1.82, 2.24) is 9.97 Å². The molecule has 0 bridgehead atoms. The van der Waals surface area contributed by atoms with E-state index in [1.54, 1.807) is 20.1 Å². The Labute approximate surface area is 86.9 Å². The summed E-state index contributed by atoms with van der Waals surface area (Å²) in [5.74, 6) is 1.22. The van der Waals surface area contributed by atoms with Gasteiger partial charge in [-0.05, 0) is 13.0 Å². The van der Waals surface area contributed by atoms with Crippen LogP contribution in [0.2, 0.25) is 0 Å². The molecule has 1 aromatic heterocycles. The van der Waals surface area contributed by atoms with E-state index in [9.17, 15) is 4.79 Å². The van der Waals surface area contributed by atoms with Crippen molar-refractivity contribution in [3.63, 3.8) is 0 Å². The summed E-state index contributed by atoms with van der Waals surface area (Å²) in [5, 5.41) is 0.718. The first-order valence-corrected chi connectivity index (χ1v) is 4.53. The van der Waals surface area contributed by atoms with Crippen LogP contribution < -0.4 is 4.74 Å². The summed E-state index contributed by atoms with van der Waals surface area (Å²) >= 11 is 0. The summed E-state index contributed by atoms with van der Waals surface area (Å²) in [6.45, 7) is 1.75. The van der Waals surface area contributed by atoms with Crippen LogP contribution >= 0.6 is 0 Å². The molecule has 4 nitrogen and oxygen atoms in total. The number of methoxy groups -OCH3 is 1. The highest BCUT2D eigenvalue weighted by atomic mass is 16.5. The minimum Gasteiger partial charge on any atom is -0.494 e. The van der Waals surface area contributed by atoms with Gasteiger partial charge in [-0.3, -0.25) is 4.79 Å². The molecule has 2 aromatic rings. The standard InChI is InChI=1S/C11H10N2O2/c1-7-12-9(6-14)8-4-3-5-10(15-2)11(8)13-7/h3-6H,1-2H3. The van der Waals surface area contributed by atoms with Crippen LogP contribution in [0.15, 0.2) is 18.2 Å². The maximum absolute atomic E-state index is 10.8. The third-order valence-electron chi connectivity index (χ3n) is 2.16. The van der Waals surface area contributed by atoms with E-state index in [0.717, 1.165) is 11.7 Å². The number of hydrogen-bond acceptors (Lipinski definition) is 4. The molecule has 0 saturated carbocycles. The van der Waals surface area contributed by atoms with Crippen LogP contribution in [0, 0.1) is 6.92 Å². The average molecular weight is 202 g/mol. The van der Waals surface area contributed by atoms with Gasteiger partial charge in [0.1, 0.15) is 22.8 Å². The smallest absolute Gasteiger partial charge is 0.169 e. The van der Waals surface area contributed by atoms with E-state index in [4.69, 9.17) is 4.74 Å². The first-order chi connectivity index (χ1) is 7.26. The molecule has 76 valence electrons. The number of aromatic nitrogens is 2. The number of hydrogen-bond donors (Lipinski definition) is 0. The second kappa shape index (κ2) is 3.65. The van der Waals surface area contributed by atoms with Gasteiger partial charge >= 0.3 is 0 Å². The van der Waals surface area contributed by atoms with Gasteiger partial charge < -0.3 is 4.74 Å². The van der Waals surface area contributed by atoms with Gasteiger partial charge in [-0.1, -0.05) is 12.1 Å². The van der Waals surface area contributed by atoms with Crippen molar-refractivity contribution in [3.8, 4) is 5.75 Å². The number of nitrogens with zero attached hydrogens (tertiary/aromatic N) is 2. The molecule has 4 heteroatoms. The lowest BCUT2D eigenvalue weighted by molar-refractivity contribution is 0.112. The Bertz CT molecular complexity index is 523. The molecular formula is C11H10N2O2. The van der Waals surface area contributed by atoms with Crippen molar-refractivity contribution >= 4 is 17.2 Å². The summed E-state index contributed by atoms with van der Waals surface area (Å²) in [6, 6.07) is 5.43. The second-order valence-electron chi connectivity index (χ2n) is 3.13. The highest BCUT2D eigenvalue weighted by Crippen LogP contribution is 2.24. The summed E-state index contributed by atoms with van der Waals surface area (Å²) in [5.41, 5.74) is 1.08. The van der Waals surface area contributed by atoms with Gasteiger partial charge in [-0.25, -0.2) is 9.97 Å². The number of para-hydroxylation sites is 1. The van der Waals surface area contributed by atoms with Crippen LogP contribution in [0.1, 0.15) is 16.3 Å². The number of aldehydes is 1. The van der Waals surface area contributed by atoms with E-state index in [0.29, 0.717) is 22.8 Å². The zero-order chi connectivity index (χ0) is 10.8. The number of benzene rings is 1. The van der Waals surface area contributed by atoms with Crippen molar-refractivity contribution in [1.29, 1.82) is 0 Å². The van der Waals surface area contributed by atoms with Gasteiger partial charge in [0.05, 0.1) is 7.11 Å². The summed E-state index contributed by atoms with van der Waals surface area (Å²) in [4.78, 5) is 19.2. The first kappa shape index (κ1) is 9.58. The van der Waals surface area contributed by atoms with E-state index < -0.39 is 0 Å². The molecule has 0 saturated heterocycles. The number of aryl methyl sites for hydroxylation is 1. The van der Waals surface area contributed by atoms with Crippen molar-refractivity contribution in [2.75, 3.05) is 7.11 Å².